The molecule has 0 amide bonds. The molecule has 2 atom stereocenters. The average Bonchev–Trinajstić information content (AvgIpc) is 2.91. The number of rotatable bonds is 7. The van der Waals surface area contributed by atoms with Crippen molar-refractivity contribution in [1.29, 1.82) is 0 Å². The lowest BCUT2D eigenvalue weighted by Gasteiger charge is -2.19. The largest absolute Gasteiger partial charge is 0.251 e. The van der Waals surface area contributed by atoms with Crippen LogP contribution in [0.15, 0.2) is 94.9 Å². The average molecular weight is 501 g/mol. The number of aliphatic imine (C=N–C) groups is 2. The van der Waals surface area contributed by atoms with Crippen molar-refractivity contribution in [1.82, 2.24) is 0 Å². The van der Waals surface area contributed by atoms with Gasteiger partial charge in [-0.15, -0.1) is 0 Å². The Hall–Kier alpha value is -3.78. The molecule has 0 aromatic heterocycles. The number of hydrogen-bond donors (Lipinski definition) is 0. The molecule has 4 aromatic carbocycles. The minimum atomic E-state index is 0.247. The molecule has 2 nitrogen and oxygen atoms in total. The lowest BCUT2D eigenvalue weighted by molar-refractivity contribution is 0.916. The lowest BCUT2D eigenvalue weighted by atomic mass is 9.89. The zero-order valence-corrected chi connectivity index (χ0v) is 24.1. The van der Waals surface area contributed by atoms with Gasteiger partial charge in [0.1, 0.15) is 0 Å². The third-order valence-corrected chi connectivity index (χ3v) is 7.56. The topological polar surface area (TPSA) is 24.7 Å². The molecule has 194 valence electrons. The molecule has 0 aliphatic heterocycles. The summed E-state index contributed by atoms with van der Waals surface area (Å²) in [6, 6.07) is 30.4. The first-order valence-corrected chi connectivity index (χ1v) is 13.6. The Morgan fingerprint density at radius 2 is 0.868 bits per heavy atom. The summed E-state index contributed by atoms with van der Waals surface area (Å²) >= 11 is 0. The highest BCUT2D eigenvalue weighted by Gasteiger charge is 2.18. The molecule has 0 heterocycles. The summed E-state index contributed by atoms with van der Waals surface area (Å²) in [4.78, 5) is 10.4. The molecule has 0 spiro atoms. The van der Waals surface area contributed by atoms with Gasteiger partial charge in [0, 0.05) is 11.8 Å². The summed E-state index contributed by atoms with van der Waals surface area (Å²) in [5, 5.41) is 0. The molecule has 0 bridgehead atoms. The van der Waals surface area contributed by atoms with Crippen molar-refractivity contribution in [2.24, 2.45) is 9.98 Å². The molecule has 38 heavy (non-hydrogen) atoms. The second kappa shape index (κ2) is 11.7. The molecule has 0 saturated carbocycles. The fourth-order valence-electron chi connectivity index (χ4n) is 5.29. The van der Waals surface area contributed by atoms with Crippen molar-refractivity contribution in [3.8, 4) is 0 Å². The summed E-state index contributed by atoms with van der Waals surface area (Å²) < 4.78 is 0. The third kappa shape index (κ3) is 6.02. The van der Waals surface area contributed by atoms with Crippen LogP contribution in [0.4, 0.5) is 11.4 Å². The Bertz CT molecular complexity index is 1360. The Kier molecular flexibility index (Phi) is 8.42. The van der Waals surface area contributed by atoms with Crippen molar-refractivity contribution in [3.63, 3.8) is 0 Å². The maximum Gasteiger partial charge on any atom is 0.0701 e. The Morgan fingerprint density at radius 1 is 0.526 bits per heavy atom. The Morgan fingerprint density at radius 3 is 1.21 bits per heavy atom. The monoisotopic (exact) mass is 500 g/mol. The van der Waals surface area contributed by atoms with E-state index in [1.54, 1.807) is 0 Å². The van der Waals surface area contributed by atoms with Gasteiger partial charge in [-0.3, -0.25) is 9.98 Å². The second-order valence-corrected chi connectivity index (χ2v) is 10.7. The fourth-order valence-corrected chi connectivity index (χ4v) is 5.29. The van der Waals surface area contributed by atoms with E-state index in [9.17, 15) is 0 Å². The van der Waals surface area contributed by atoms with Crippen LogP contribution in [0.25, 0.3) is 0 Å². The number of aryl methyl sites for hydroxylation is 4. The van der Waals surface area contributed by atoms with E-state index in [-0.39, 0.29) is 11.8 Å². The maximum atomic E-state index is 5.21. The van der Waals surface area contributed by atoms with Gasteiger partial charge in [0.15, 0.2) is 0 Å². The first kappa shape index (κ1) is 27.3. The number of nitrogens with zero attached hydrogens (tertiary/aromatic N) is 2. The van der Waals surface area contributed by atoms with E-state index in [2.05, 4.69) is 140 Å². The molecule has 0 aliphatic rings. The van der Waals surface area contributed by atoms with Gasteiger partial charge in [-0.05, 0) is 74.9 Å². The minimum Gasteiger partial charge on any atom is -0.251 e. The standard InChI is InChI=1S/C36H40N2/c1-23-19-25(3)35(33(21-23)27(5)31-15-11-9-12-16-31)37-29(7)30(8)38-36-26(4)20-24(2)22-34(36)28(6)32-17-13-10-14-18-32/h9-22,27-28H,1-8H3. The zero-order chi connectivity index (χ0) is 27.4. The summed E-state index contributed by atoms with van der Waals surface area (Å²) in [5.41, 5.74) is 14.0. The van der Waals surface area contributed by atoms with Crippen LogP contribution in [-0.2, 0) is 0 Å². The van der Waals surface area contributed by atoms with Crippen molar-refractivity contribution in [3.05, 3.63) is 129 Å². The Labute approximate surface area is 229 Å². The molecule has 0 radical (unpaired) electrons. The summed E-state index contributed by atoms with van der Waals surface area (Å²) in [6.07, 6.45) is 0. The van der Waals surface area contributed by atoms with Gasteiger partial charge >= 0.3 is 0 Å². The van der Waals surface area contributed by atoms with E-state index in [0.29, 0.717) is 0 Å². The van der Waals surface area contributed by atoms with Gasteiger partial charge in [0.25, 0.3) is 0 Å². The van der Waals surface area contributed by atoms with Crippen LogP contribution < -0.4 is 0 Å². The summed E-state index contributed by atoms with van der Waals surface area (Å²) in [5.74, 6) is 0.493. The maximum absolute atomic E-state index is 5.21. The third-order valence-electron chi connectivity index (χ3n) is 7.56. The second-order valence-electron chi connectivity index (χ2n) is 10.7. The van der Waals surface area contributed by atoms with Gasteiger partial charge in [-0.1, -0.05) is 110 Å². The lowest BCUT2D eigenvalue weighted by Crippen LogP contribution is -2.07. The molecule has 2 heteroatoms. The van der Waals surface area contributed by atoms with Crippen molar-refractivity contribution in [2.45, 2.75) is 67.2 Å². The van der Waals surface area contributed by atoms with Gasteiger partial charge in [0.05, 0.1) is 22.8 Å². The molecular weight excluding hydrogens is 460 g/mol. The van der Waals surface area contributed by atoms with Crippen LogP contribution in [0.5, 0.6) is 0 Å². The van der Waals surface area contributed by atoms with Gasteiger partial charge in [-0.25, -0.2) is 0 Å². The predicted molar refractivity (Wildman–Crippen MR) is 165 cm³/mol. The molecule has 0 aliphatic carbocycles. The molecule has 0 fully saturated rings. The van der Waals surface area contributed by atoms with Crippen LogP contribution in [-0.4, -0.2) is 11.4 Å². The first-order chi connectivity index (χ1) is 18.2. The van der Waals surface area contributed by atoms with Crippen LogP contribution in [0.1, 0.15) is 84.0 Å². The van der Waals surface area contributed by atoms with Crippen LogP contribution in [0.2, 0.25) is 0 Å². The SMILES string of the molecule is CC(=Nc1c(C)cc(C)cc1C(C)c1ccccc1)C(C)=Nc1c(C)cc(C)cc1C(C)c1ccccc1. The quantitative estimate of drug-likeness (QED) is 0.226. The molecule has 0 N–H and O–H groups in total. The molecular formula is C36H40N2. The molecule has 4 rings (SSSR count). The first-order valence-electron chi connectivity index (χ1n) is 13.6. The van der Waals surface area contributed by atoms with E-state index in [0.717, 1.165) is 22.8 Å². The summed E-state index contributed by atoms with van der Waals surface area (Å²) in [6.45, 7) is 17.4. The van der Waals surface area contributed by atoms with Gasteiger partial charge < -0.3 is 0 Å². The smallest absolute Gasteiger partial charge is 0.0701 e. The molecule has 2 unspecified atom stereocenters. The van der Waals surface area contributed by atoms with Gasteiger partial charge in [0.2, 0.25) is 0 Å². The normalized spacial score (nSPS) is 13.9. The highest BCUT2D eigenvalue weighted by atomic mass is 14.8. The minimum absolute atomic E-state index is 0.247. The zero-order valence-electron chi connectivity index (χ0n) is 24.1. The van der Waals surface area contributed by atoms with Crippen LogP contribution in [0.3, 0.4) is 0 Å². The summed E-state index contributed by atoms with van der Waals surface area (Å²) in [7, 11) is 0. The van der Waals surface area contributed by atoms with E-state index in [1.807, 2.05) is 0 Å². The van der Waals surface area contributed by atoms with E-state index < -0.39 is 0 Å². The van der Waals surface area contributed by atoms with Crippen molar-refractivity contribution >= 4 is 22.8 Å². The van der Waals surface area contributed by atoms with Crippen molar-refractivity contribution < 1.29 is 0 Å². The van der Waals surface area contributed by atoms with Gasteiger partial charge in [-0.2, -0.15) is 0 Å². The number of hydrogen-bond acceptors (Lipinski definition) is 2. The number of benzene rings is 4. The fraction of sp³-hybridized carbons (Fsp3) is 0.278. The molecule has 4 aromatic rings. The van der Waals surface area contributed by atoms with E-state index >= 15 is 0 Å². The predicted octanol–water partition coefficient (Wildman–Crippen LogP) is 10.1. The highest BCUT2D eigenvalue weighted by Crippen LogP contribution is 2.37. The van der Waals surface area contributed by atoms with Crippen molar-refractivity contribution in [2.75, 3.05) is 0 Å². The molecule has 0 saturated heterocycles. The van der Waals surface area contributed by atoms with E-state index in [4.69, 9.17) is 9.98 Å². The highest BCUT2D eigenvalue weighted by molar-refractivity contribution is 6.41. The van der Waals surface area contributed by atoms with Crippen LogP contribution >= 0.6 is 0 Å². The van der Waals surface area contributed by atoms with E-state index in [1.165, 1.54) is 44.5 Å². The van der Waals surface area contributed by atoms with Crippen LogP contribution in [0, 0.1) is 27.7 Å². The Balaban J connectivity index is 1.78.